The molecule has 47 heavy (non-hydrogen) atoms. The van der Waals surface area contributed by atoms with Gasteiger partial charge in [0, 0.05) is 24.9 Å². The molecule has 0 saturated heterocycles. The number of fused-ring (bicyclic) bond motifs is 3. The van der Waals surface area contributed by atoms with Crippen molar-refractivity contribution in [3.63, 3.8) is 0 Å². The number of nitrogens with one attached hydrogen (secondary N) is 1. The molecule has 1 saturated carbocycles. The number of ether oxygens (including phenoxy) is 1. The Bertz CT molecular complexity index is 1790. The molecule has 2 aromatic heterocycles. The molecular weight excluding hydrogens is 580 g/mol. The van der Waals surface area contributed by atoms with Gasteiger partial charge in [-0.1, -0.05) is 114 Å². The Morgan fingerprint density at radius 2 is 1.62 bits per heavy atom. The average Bonchev–Trinajstić information content (AvgIpc) is 3.81. The second kappa shape index (κ2) is 14.8. The highest BCUT2D eigenvalue weighted by atomic mass is 16.5. The Labute approximate surface area is 280 Å². The zero-order valence-corrected chi connectivity index (χ0v) is 28.6. The standard InChI is InChI=1S/C41H50N4O2/c1-5-6-11-37-44-39-36(24-38(46)47-28-33-20-14-30(15-21-33)25-41(2,3)4)43-35-10-8-7-9-34(35)40(39)45(37)27-32-18-16-31(17-19-32)26-42-23-22-29-12-13-29/h7-10,14-21,29,42H,5-6,11-13,22-28H2,1-4H3. The van der Waals surface area contributed by atoms with E-state index < -0.39 is 0 Å². The molecule has 1 aliphatic carbocycles. The quantitative estimate of drug-likeness (QED) is 0.0925. The molecule has 0 atom stereocenters. The molecule has 3 aromatic carbocycles. The SMILES string of the molecule is CCCCc1nc2c(CC(=O)OCc3ccc(CC(C)(C)C)cc3)nc3ccccc3c2n1Cc1ccc(CNCCC2CC2)cc1. The number of nitrogens with zero attached hydrogens (tertiary/aromatic N) is 3. The van der Waals surface area contributed by atoms with Crippen molar-refractivity contribution in [2.24, 2.45) is 11.3 Å². The maximum Gasteiger partial charge on any atom is 0.312 e. The van der Waals surface area contributed by atoms with Crippen molar-refractivity contribution in [3.8, 4) is 0 Å². The monoisotopic (exact) mass is 630 g/mol. The summed E-state index contributed by atoms with van der Waals surface area (Å²) in [4.78, 5) is 23.4. The molecule has 6 rings (SSSR count). The van der Waals surface area contributed by atoms with E-state index in [1.165, 1.54) is 36.0 Å². The Morgan fingerprint density at radius 3 is 2.34 bits per heavy atom. The number of aromatic nitrogens is 3. The van der Waals surface area contributed by atoms with Crippen LogP contribution in [0.15, 0.2) is 72.8 Å². The number of imidazole rings is 1. The second-order valence-electron chi connectivity index (χ2n) is 14.6. The van der Waals surface area contributed by atoms with Crippen molar-refractivity contribution in [3.05, 3.63) is 107 Å². The lowest BCUT2D eigenvalue weighted by molar-refractivity contribution is -0.144. The molecule has 1 aliphatic rings. The van der Waals surface area contributed by atoms with Crippen molar-refractivity contribution in [1.29, 1.82) is 0 Å². The van der Waals surface area contributed by atoms with Crippen LogP contribution in [0.25, 0.3) is 21.9 Å². The van der Waals surface area contributed by atoms with E-state index >= 15 is 0 Å². The molecule has 5 aromatic rings. The number of benzene rings is 3. The summed E-state index contributed by atoms with van der Waals surface area (Å²) in [7, 11) is 0. The van der Waals surface area contributed by atoms with Crippen LogP contribution < -0.4 is 5.32 Å². The molecule has 0 radical (unpaired) electrons. The molecule has 6 heteroatoms. The molecule has 6 nitrogen and oxygen atoms in total. The fourth-order valence-electron chi connectivity index (χ4n) is 6.37. The van der Waals surface area contributed by atoms with Crippen LogP contribution >= 0.6 is 0 Å². The topological polar surface area (TPSA) is 69.0 Å². The molecule has 1 N–H and O–H groups in total. The summed E-state index contributed by atoms with van der Waals surface area (Å²) < 4.78 is 8.13. The fraction of sp³-hybridized carbons (Fsp3) is 0.439. The number of esters is 1. The highest BCUT2D eigenvalue weighted by molar-refractivity contribution is 6.04. The van der Waals surface area contributed by atoms with Gasteiger partial charge < -0.3 is 14.6 Å². The maximum atomic E-state index is 13.2. The van der Waals surface area contributed by atoms with Crippen LogP contribution in [0.4, 0.5) is 0 Å². The van der Waals surface area contributed by atoms with Crippen molar-refractivity contribution in [1.82, 2.24) is 19.9 Å². The summed E-state index contributed by atoms with van der Waals surface area (Å²) in [5.74, 6) is 1.70. The van der Waals surface area contributed by atoms with Gasteiger partial charge in [0.25, 0.3) is 0 Å². The van der Waals surface area contributed by atoms with E-state index in [1.54, 1.807) is 0 Å². The van der Waals surface area contributed by atoms with Gasteiger partial charge >= 0.3 is 5.97 Å². The van der Waals surface area contributed by atoms with Crippen molar-refractivity contribution < 1.29 is 9.53 Å². The third kappa shape index (κ3) is 8.86. The first-order valence-electron chi connectivity index (χ1n) is 17.5. The lowest BCUT2D eigenvalue weighted by Gasteiger charge is -2.18. The van der Waals surface area contributed by atoms with Crippen LogP contribution in [0.1, 0.15) is 93.6 Å². The zero-order chi connectivity index (χ0) is 32.8. The van der Waals surface area contributed by atoms with Crippen LogP contribution in [0.5, 0.6) is 0 Å². The van der Waals surface area contributed by atoms with Gasteiger partial charge in [-0.05, 0) is 65.5 Å². The van der Waals surface area contributed by atoms with Gasteiger partial charge in [-0.3, -0.25) is 4.79 Å². The van der Waals surface area contributed by atoms with E-state index in [2.05, 4.69) is 98.2 Å². The predicted octanol–water partition coefficient (Wildman–Crippen LogP) is 8.74. The van der Waals surface area contributed by atoms with E-state index in [0.29, 0.717) is 12.2 Å². The molecule has 1 fully saturated rings. The van der Waals surface area contributed by atoms with Gasteiger partial charge in [-0.2, -0.15) is 0 Å². The van der Waals surface area contributed by atoms with Gasteiger partial charge in [0.1, 0.15) is 17.9 Å². The Morgan fingerprint density at radius 1 is 0.915 bits per heavy atom. The predicted molar refractivity (Wildman–Crippen MR) is 191 cm³/mol. The number of hydrogen-bond acceptors (Lipinski definition) is 5. The Balaban J connectivity index is 1.22. The molecule has 246 valence electrons. The average molecular weight is 631 g/mol. The van der Waals surface area contributed by atoms with Crippen LogP contribution in [0.2, 0.25) is 0 Å². The van der Waals surface area contributed by atoms with Gasteiger partial charge in [0.05, 0.1) is 23.1 Å². The zero-order valence-electron chi connectivity index (χ0n) is 28.6. The van der Waals surface area contributed by atoms with Gasteiger partial charge in [0.2, 0.25) is 0 Å². The summed E-state index contributed by atoms with van der Waals surface area (Å²) in [6, 6.07) is 25.5. The second-order valence-corrected chi connectivity index (χ2v) is 14.6. The number of para-hydroxylation sites is 1. The molecular formula is C41H50N4O2. The number of pyridine rings is 1. The van der Waals surface area contributed by atoms with Crippen LogP contribution in [-0.4, -0.2) is 27.0 Å². The maximum absolute atomic E-state index is 13.2. The van der Waals surface area contributed by atoms with E-state index in [-0.39, 0.29) is 24.4 Å². The van der Waals surface area contributed by atoms with Gasteiger partial charge in [-0.25, -0.2) is 9.97 Å². The largest absolute Gasteiger partial charge is 0.461 e. The summed E-state index contributed by atoms with van der Waals surface area (Å²) in [5, 5.41) is 4.66. The van der Waals surface area contributed by atoms with Crippen molar-refractivity contribution >= 4 is 27.9 Å². The van der Waals surface area contributed by atoms with Gasteiger partial charge in [-0.15, -0.1) is 0 Å². The molecule has 0 aliphatic heterocycles. The first-order chi connectivity index (χ1) is 22.8. The van der Waals surface area contributed by atoms with Crippen LogP contribution in [0.3, 0.4) is 0 Å². The minimum absolute atomic E-state index is 0.0795. The summed E-state index contributed by atoms with van der Waals surface area (Å²) in [5.41, 5.74) is 8.44. The number of unbranched alkanes of at least 4 members (excludes halogenated alkanes) is 1. The highest BCUT2D eigenvalue weighted by Gasteiger charge is 2.22. The van der Waals surface area contributed by atoms with Crippen molar-refractivity contribution in [2.45, 2.75) is 98.8 Å². The fourth-order valence-corrected chi connectivity index (χ4v) is 6.37. The number of aryl methyl sites for hydroxylation is 1. The smallest absolute Gasteiger partial charge is 0.312 e. The molecule has 0 amide bonds. The Hall–Kier alpha value is -4.03. The van der Waals surface area contributed by atoms with E-state index in [9.17, 15) is 4.79 Å². The minimum Gasteiger partial charge on any atom is -0.461 e. The molecule has 2 heterocycles. The van der Waals surface area contributed by atoms with E-state index in [4.69, 9.17) is 14.7 Å². The molecule has 0 spiro atoms. The normalized spacial score (nSPS) is 13.4. The first kappa shape index (κ1) is 32.9. The number of carbonyl (C=O) groups is 1. The summed E-state index contributed by atoms with van der Waals surface area (Å²) in [6.45, 7) is 11.9. The number of rotatable bonds is 15. The Kier molecular flexibility index (Phi) is 10.4. The molecule has 0 bridgehead atoms. The van der Waals surface area contributed by atoms with Crippen molar-refractivity contribution in [2.75, 3.05) is 6.54 Å². The molecule has 0 unspecified atom stereocenters. The third-order valence-electron chi connectivity index (χ3n) is 9.08. The van der Waals surface area contributed by atoms with Gasteiger partial charge in [0.15, 0.2) is 0 Å². The van der Waals surface area contributed by atoms with E-state index in [0.717, 1.165) is 78.0 Å². The third-order valence-corrected chi connectivity index (χ3v) is 9.08. The number of hydrogen-bond donors (Lipinski definition) is 1. The lowest BCUT2D eigenvalue weighted by Crippen LogP contribution is -2.15. The van der Waals surface area contributed by atoms with Crippen LogP contribution in [0, 0.1) is 11.3 Å². The highest BCUT2D eigenvalue weighted by Crippen LogP contribution is 2.32. The summed E-state index contributed by atoms with van der Waals surface area (Å²) in [6.07, 6.45) is 8.20. The van der Waals surface area contributed by atoms with E-state index in [1.807, 2.05) is 12.1 Å². The number of carbonyl (C=O) groups excluding carboxylic acids is 1. The summed E-state index contributed by atoms with van der Waals surface area (Å²) >= 11 is 0. The van der Waals surface area contributed by atoms with Crippen LogP contribution in [-0.2, 0) is 48.5 Å². The minimum atomic E-state index is -0.293. The lowest BCUT2D eigenvalue weighted by atomic mass is 9.88. The first-order valence-corrected chi connectivity index (χ1v) is 17.5.